The number of carbonyl (C=O) groups excluding carboxylic acids is 1. The van der Waals surface area contributed by atoms with Crippen LogP contribution in [-0.2, 0) is 0 Å². The Hall–Kier alpha value is -2.27. The third-order valence-electron chi connectivity index (χ3n) is 4.02. The minimum absolute atomic E-state index is 0.240. The lowest BCUT2D eigenvalue weighted by molar-refractivity contribution is 0.0873. The van der Waals surface area contributed by atoms with Gasteiger partial charge in [-0.25, -0.2) is 4.39 Å². The molecule has 1 aliphatic rings. The number of carbonyl (C=O) groups is 1. The molecule has 1 aromatic heterocycles. The van der Waals surface area contributed by atoms with E-state index in [4.69, 9.17) is 0 Å². The molecule has 5 heteroatoms. The van der Waals surface area contributed by atoms with Crippen LogP contribution in [0.15, 0.2) is 42.7 Å². The Labute approximate surface area is 128 Å². The average Bonchev–Trinajstić information content (AvgIpc) is 2.93. The van der Waals surface area contributed by atoms with E-state index in [9.17, 15) is 14.3 Å². The van der Waals surface area contributed by atoms with E-state index in [-0.39, 0.29) is 17.5 Å². The first-order valence-electron chi connectivity index (χ1n) is 7.34. The van der Waals surface area contributed by atoms with Crippen LogP contribution in [0.3, 0.4) is 0 Å². The summed E-state index contributed by atoms with van der Waals surface area (Å²) >= 11 is 0. The van der Waals surface area contributed by atoms with Gasteiger partial charge in [0.2, 0.25) is 0 Å². The molecular weight excluding hydrogens is 283 g/mol. The van der Waals surface area contributed by atoms with Crippen LogP contribution in [0.2, 0.25) is 0 Å². The fourth-order valence-electron chi connectivity index (χ4n) is 2.78. The van der Waals surface area contributed by atoms with Gasteiger partial charge in [0.25, 0.3) is 5.91 Å². The molecule has 22 heavy (non-hydrogen) atoms. The summed E-state index contributed by atoms with van der Waals surface area (Å²) < 4.78 is 14.2. The Balaban J connectivity index is 1.78. The zero-order valence-electron chi connectivity index (χ0n) is 12.0. The number of aromatic nitrogens is 1. The molecule has 0 saturated heterocycles. The lowest BCUT2D eigenvalue weighted by atomic mass is 10.0. The van der Waals surface area contributed by atoms with Crippen molar-refractivity contribution in [3.63, 3.8) is 0 Å². The van der Waals surface area contributed by atoms with Crippen LogP contribution >= 0.6 is 0 Å². The summed E-state index contributed by atoms with van der Waals surface area (Å²) in [6.07, 6.45) is 5.02. The largest absolute Gasteiger partial charge is 0.391 e. The second-order valence-electron chi connectivity index (χ2n) is 5.51. The highest BCUT2D eigenvalue weighted by Crippen LogP contribution is 2.24. The highest BCUT2D eigenvalue weighted by molar-refractivity contribution is 5.95. The van der Waals surface area contributed by atoms with E-state index in [2.05, 4.69) is 10.3 Å². The third-order valence-corrected chi connectivity index (χ3v) is 4.02. The smallest absolute Gasteiger partial charge is 0.251 e. The molecule has 0 radical (unpaired) electrons. The fraction of sp³-hybridized carbons (Fsp3) is 0.294. The van der Waals surface area contributed by atoms with Crippen LogP contribution in [0.25, 0.3) is 11.1 Å². The van der Waals surface area contributed by atoms with Gasteiger partial charge in [-0.05, 0) is 49.1 Å². The molecule has 1 amide bonds. The van der Waals surface area contributed by atoms with Gasteiger partial charge < -0.3 is 10.4 Å². The van der Waals surface area contributed by atoms with E-state index in [0.717, 1.165) is 12.8 Å². The van der Waals surface area contributed by atoms with Gasteiger partial charge in [0, 0.05) is 23.5 Å². The number of hydrogen-bond acceptors (Lipinski definition) is 3. The first-order chi connectivity index (χ1) is 10.6. The molecule has 0 aliphatic heterocycles. The average molecular weight is 300 g/mol. The number of aliphatic hydroxyl groups excluding tert-OH is 1. The number of nitrogens with one attached hydrogen (secondary N) is 1. The second kappa shape index (κ2) is 6.23. The van der Waals surface area contributed by atoms with Crippen molar-refractivity contribution in [1.29, 1.82) is 0 Å². The van der Waals surface area contributed by atoms with E-state index >= 15 is 0 Å². The highest BCUT2D eigenvalue weighted by atomic mass is 19.1. The van der Waals surface area contributed by atoms with Crippen LogP contribution in [0, 0.1) is 5.82 Å². The van der Waals surface area contributed by atoms with Gasteiger partial charge in [0.1, 0.15) is 5.82 Å². The molecule has 1 aromatic carbocycles. The molecule has 1 fully saturated rings. The van der Waals surface area contributed by atoms with Crippen molar-refractivity contribution >= 4 is 5.91 Å². The van der Waals surface area contributed by atoms with E-state index in [0.29, 0.717) is 17.5 Å². The van der Waals surface area contributed by atoms with Gasteiger partial charge in [-0.15, -0.1) is 0 Å². The van der Waals surface area contributed by atoms with Crippen LogP contribution in [0.5, 0.6) is 0 Å². The van der Waals surface area contributed by atoms with Crippen LogP contribution in [0.1, 0.15) is 29.6 Å². The zero-order valence-corrected chi connectivity index (χ0v) is 12.0. The van der Waals surface area contributed by atoms with Crippen molar-refractivity contribution in [2.45, 2.75) is 31.4 Å². The number of pyridine rings is 1. The summed E-state index contributed by atoms with van der Waals surface area (Å²) in [4.78, 5) is 16.0. The van der Waals surface area contributed by atoms with Crippen molar-refractivity contribution in [3.05, 3.63) is 54.1 Å². The zero-order chi connectivity index (χ0) is 15.5. The van der Waals surface area contributed by atoms with Crippen LogP contribution < -0.4 is 5.32 Å². The Morgan fingerprint density at radius 3 is 2.64 bits per heavy atom. The molecule has 2 atom stereocenters. The maximum absolute atomic E-state index is 14.2. The summed E-state index contributed by atoms with van der Waals surface area (Å²) in [6, 6.07) is 7.60. The van der Waals surface area contributed by atoms with Gasteiger partial charge in [-0.1, -0.05) is 6.07 Å². The van der Waals surface area contributed by atoms with E-state index in [1.165, 1.54) is 6.07 Å². The molecule has 3 rings (SSSR count). The molecule has 1 heterocycles. The minimum Gasteiger partial charge on any atom is -0.391 e. The second-order valence-corrected chi connectivity index (χ2v) is 5.51. The number of rotatable bonds is 3. The Morgan fingerprint density at radius 1 is 1.23 bits per heavy atom. The van der Waals surface area contributed by atoms with Gasteiger partial charge in [0.15, 0.2) is 0 Å². The monoisotopic (exact) mass is 300 g/mol. The quantitative estimate of drug-likeness (QED) is 0.915. The topological polar surface area (TPSA) is 62.2 Å². The van der Waals surface area contributed by atoms with Gasteiger partial charge in [0.05, 0.1) is 12.1 Å². The van der Waals surface area contributed by atoms with Crippen molar-refractivity contribution in [1.82, 2.24) is 10.3 Å². The van der Waals surface area contributed by atoms with E-state index in [1.807, 2.05) is 0 Å². The molecule has 1 aliphatic carbocycles. The molecule has 2 N–H and O–H groups in total. The summed E-state index contributed by atoms with van der Waals surface area (Å²) in [5.41, 5.74) is 1.40. The Bertz CT molecular complexity index is 676. The summed E-state index contributed by atoms with van der Waals surface area (Å²) in [5, 5.41) is 12.5. The van der Waals surface area contributed by atoms with Crippen molar-refractivity contribution in [2.75, 3.05) is 0 Å². The molecule has 0 bridgehead atoms. The van der Waals surface area contributed by atoms with E-state index < -0.39 is 11.9 Å². The molecule has 114 valence electrons. The van der Waals surface area contributed by atoms with Crippen LogP contribution in [0.4, 0.5) is 4.39 Å². The molecule has 1 saturated carbocycles. The highest BCUT2D eigenvalue weighted by Gasteiger charge is 2.27. The number of benzene rings is 1. The molecule has 2 aromatic rings. The van der Waals surface area contributed by atoms with Crippen LogP contribution in [-0.4, -0.2) is 28.1 Å². The van der Waals surface area contributed by atoms with Gasteiger partial charge in [-0.2, -0.15) is 0 Å². The molecular formula is C17H17FN2O2. The summed E-state index contributed by atoms with van der Waals surface area (Å²) in [6.45, 7) is 0. The number of nitrogens with zero attached hydrogens (tertiary/aromatic N) is 1. The Morgan fingerprint density at radius 2 is 2.00 bits per heavy atom. The summed E-state index contributed by atoms with van der Waals surface area (Å²) in [5.74, 6) is -0.808. The lowest BCUT2D eigenvalue weighted by Crippen LogP contribution is -2.39. The first-order valence-corrected chi connectivity index (χ1v) is 7.34. The van der Waals surface area contributed by atoms with Gasteiger partial charge >= 0.3 is 0 Å². The predicted molar refractivity (Wildman–Crippen MR) is 80.7 cm³/mol. The minimum atomic E-state index is -0.509. The molecule has 0 spiro atoms. The lowest BCUT2D eigenvalue weighted by Gasteiger charge is -2.16. The third kappa shape index (κ3) is 2.99. The molecule has 0 unspecified atom stereocenters. The Kier molecular flexibility index (Phi) is 4.15. The predicted octanol–water partition coefficient (Wildman–Crippen LogP) is 2.53. The maximum Gasteiger partial charge on any atom is 0.251 e. The maximum atomic E-state index is 14.2. The number of aliphatic hydroxyl groups is 1. The fourth-order valence-corrected chi connectivity index (χ4v) is 2.78. The number of halogens is 1. The van der Waals surface area contributed by atoms with Gasteiger partial charge in [-0.3, -0.25) is 9.78 Å². The van der Waals surface area contributed by atoms with Crippen molar-refractivity contribution in [3.8, 4) is 11.1 Å². The number of amides is 1. The number of hydrogen-bond donors (Lipinski definition) is 2. The first kappa shape index (κ1) is 14.7. The van der Waals surface area contributed by atoms with Crippen molar-refractivity contribution < 1.29 is 14.3 Å². The standard InChI is InChI=1S/C17H17FN2O2/c18-14-10-12(17(22)20-15-2-1-3-16(15)21)4-5-13(14)11-6-8-19-9-7-11/h4-10,15-16,21H,1-3H2,(H,20,22)/t15-,16-/m0/s1. The van der Waals surface area contributed by atoms with E-state index in [1.54, 1.807) is 36.7 Å². The SMILES string of the molecule is O=C(N[C@H]1CCC[C@@H]1O)c1ccc(-c2ccncc2)c(F)c1. The molecule has 4 nitrogen and oxygen atoms in total. The van der Waals surface area contributed by atoms with Crippen molar-refractivity contribution in [2.24, 2.45) is 0 Å². The normalized spacial score (nSPS) is 20.8. The summed E-state index contributed by atoms with van der Waals surface area (Å²) in [7, 11) is 0.